The molecule has 148 valence electrons. The summed E-state index contributed by atoms with van der Waals surface area (Å²) in [6, 6.07) is 4.04. The number of aryl methyl sites for hydroxylation is 1. The fourth-order valence-corrected chi connectivity index (χ4v) is 3.62. The third-order valence-corrected chi connectivity index (χ3v) is 4.86. The Kier molecular flexibility index (Phi) is 4.89. The fourth-order valence-electron chi connectivity index (χ4n) is 3.62. The van der Waals surface area contributed by atoms with Crippen molar-refractivity contribution < 1.29 is 9.53 Å². The van der Waals surface area contributed by atoms with Gasteiger partial charge in [0.25, 0.3) is 0 Å². The van der Waals surface area contributed by atoms with E-state index < -0.39 is 0 Å². The van der Waals surface area contributed by atoms with Gasteiger partial charge < -0.3 is 15.4 Å². The minimum Gasteiger partial charge on any atom is -0.446 e. The number of anilines is 2. The number of aromatic amines is 1. The molecule has 1 aliphatic rings. The van der Waals surface area contributed by atoms with Gasteiger partial charge in [-0.05, 0) is 46.1 Å². The molecule has 3 aromatic heterocycles. The predicted molar refractivity (Wildman–Crippen MR) is 105 cm³/mol. The van der Waals surface area contributed by atoms with E-state index in [0.29, 0.717) is 17.6 Å². The number of fused-ring (bicyclic) bond motifs is 1. The highest BCUT2D eigenvalue weighted by molar-refractivity contribution is 5.72. The number of carbonyl (C=O) groups is 1. The lowest BCUT2D eigenvalue weighted by molar-refractivity contribution is 0.0981. The standard InChI is InChI=1S/C19H25N7O2/c1-11(2)21-19(27)28-14-5-4-13(9-14)15-10-17(24-23-15)22-18-16-8-12(3)25-26(16)7-6-20-18/h6-8,10-11,13-14H,4-5,9H2,1-3H3,(H,21,27)(H2,20,22,23,24). The molecule has 0 saturated heterocycles. The van der Waals surface area contributed by atoms with Crippen LogP contribution in [-0.4, -0.2) is 43.0 Å². The predicted octanol–water partition coefficient (Wildman–Crippen LogP) is 3.28. The molecule has 1 saturated carbocycles. The van der Waals surface area contributed by atoms with Crippen molar-refractivity contribution in [3.63, 3.8) is 0 Å². The summed E-state index contributed by atoms with van der Waals surface area (Å²) in [6.45, 7) is 5.78. The SMILES string of the molecule is Cc1cc2c(Nc3cc(C4CCC(OC(=O)NC(C)C)C4)[nH]n3)nccn2n1. The Morgan fingerprint density at radius 2 is 2.21 bits per heavy atom. The molecule has 9 nitrogen and oxygen atoms in total. The molecule has 2 atom stereocenters. The number of nitrogens with zero attached hydrogens (tertiary/aromatic N) is 4. The quantitative estimate of drug-likeness (QED) is 0.624. The molecule has 0 radical (unpaired) electrons. The van der Waals surface area contributed by atoms with Gasteiger partial charge in [0, 0.05) is 36.1 Å². The van der Waals surface area contributed by atoms with Crippen molar-refractivity contribution >= 4 is 23.2 Å². The maximum absolute atomic E-state index is 11.8. The van der Waals surface area contributed by atoms with E-state index in [0.717, 1.165) is 36.2 Å². The molecule has 9 heteroatoms. The maximum Gasteiger partial charge on any atom is 0.407 e. The average Bonchev–Trinajstić information content (AvgIpc) is 3.33. The van der Waals surface area contributed by atoms with E-state index in [9.17, 15) is 4.79 Å². The highest BCUT2D eigenvalue weighted by atomic mass is 16.6. The number of carbonyl (C=O) groups excluding carboxylic acids is 1. The van der Waals surface area contributed by atoms with Crippen molar-refractivity contribution in [3.05, 3.63) is 35.9 Å². The zero-order chi connectivity index (χ0) is 19.7. The van der Waals surface area contributed by atoms with E-state index in [4.69, 9.17) is 4.74 Å². The van der Waals surface area contributed by atoms with Crippen LogP contribution in [0.15, 0.2) is 24.5 Å². The lowest BCUT2D eigenvalue weighted by atomic mass is 10.0. The number of hydrogen-bond acceptors (Lipinski definition) is 6. The van der Waals surface area contributed by atoms with Gasteiger partial charge in [-0.25, -0.2) is 14.3 Å². The van der Waals surface area contributed by atoms with Crippen LogP contribution in [0.2, 0.25) is 0 Å². The van der Waals surface area contributed by atoms with Gasteiger partial charge in [0.2, 0.25) is 0 Å². The van der Waals surface area contributed by atoms with Crippen LogP contribution in [0.4, 0.5) is 16.4 Å². The van der Waals surface area contributed by atoms with E-state index in [1.165, 1.54) is 0 Å². The molecule has 3 aromatic rings. The number of aromatic nitrogens is 5. The van der Waals surface area contributed by atoms with Crippen LogP contribution < -0.4 is 10.6 Å². The van der Waals surface area contributed by atoms with Gasteiger partial charge in [-0.1, -0.05) is 0 Å². The number of amides is 1. The van der Waals surface area contributed by atoms with Crippen molar-refractivity contribution in [3.8, 4) is 0 Å². The number of nitrogens with one attached hydrogen (secondary N) is 3. The first-order valence-electron chi connectivity index (χ1n) is 9.58. The minimum atomic E-state index is -0.345. The molecule has 28 heavy (non-hydrogen) atoms. The second kappa shape index (κ2) is 7.49. The Bertz CT molecular complexity index is 978. The van der Waals surface area contributed by atoms with Gasteiger partial charge in [-0.3, -0.25) is 5.10 Å². The summed E-state index contributed by atoms with van der Waals surface area (Å²) in [7, 11) is 0. The zero-order valence-electron chi connectivity index (χ0n) is 16.3. The van der Waals surface area contributed by atoms with E-state index in [2.05, 4.69) is 30.9 Å². The van der Waals surface area contributed by atoms with E-state index >= 15 is 0 Å². The molecule has 3 heterocycles. The molecule has 2 unspecified atom stereocenters. The number of ether oxygens (including phenoxy) is 1. The van der Waals surface area contributed by atoms with Gasteiger partial charge >= 0.3 is 6.09 Å². The van der Waals surface area contributed by atoms with Crippen LogP contribution in [0.1, 0.15) is 50.4 Å². The van der Waals surface area contributed by atoms with Crippen LogP contribution >= 0.6 is 0 Å². The third-order valence-electron chi connectivity index (χ3n) is 4.86. The average molecular weight is 383 g/mol. The van der Waals surface area contributed by atoms with Crippen LogP contribution in [0.25, 0.3) is 5.52 Å². The molecular formula is C19H25N7O2. The van der Waals surface area contributed by atoms with Gasteiger partial charge in [0.05, 0.1) is 5.69 Å². The monoisotopic (exact) mass is 383 g/mol. The minimum absolute atomic E-state index is 0.0614. The zero-order valence-corrected chi connectivity index (χ0v) is 16.3. The highest BCUT2D eigenvalue weighted by Gasteiger charge is 2.30. The number of hydrogen-bond donors (Lipinski definition) is 3. The molecule has 4 rings (SSSR count). The van der Waals surface area contributed by atoms with Crippen molar-refractivity contribution in [1.82, 2.24) is 30.1 Å². The third kappa shape index (κ3) is 3.92. The topological polar surface area (TPSA) is 109 Å². The lowest BCUT2D eigenvalue weighted by Gasteiger charge is -2.14. The van der Waals surface area contributed by atoms with Crippen molar-refractivity contribution in [1.29, 1.82) is 0 Å². The molecule has 0 bridgehead atoms. The largest absolute Gasteiger partial charge is 0.446 e. The summed E-state index contributed by atoms with van der Waals surface area (Å²) in [5, 5.41) is 17.9. The molecule has 1 aliphatic carbocycles. The fraction of sp³-hybridized carbons (Fsp3) is 0.474. The van der Waals surface area contributed by atoms with Crippen LogP contribution in [0, 0.1) is 6.92 Å². The Hall–Kier alpha value is -3.10. The second-order valence-electron chi connectivity index (χ2n) is 7.56. The summed E-state index contributed by atoms with van der Waals surface area (Å²) in [6.07, 6.45) is 5.72. The van der Waals surface area contributed by atoms with E-state index in [1.54, 1.807) is 10.7 Å². The van der Waals surface area contributed by atoms with Gasteiger partial charge in [-0.2, -0.15) is 10.2 Å². The Morgan fingerprint density at radius 1 is 1.36 bits per heavy atom. The van der Waals surface area contributed by atoms with Crippen molar-refractivity contribution in [2.45, 2.75) is 58.1 Å². The Labute approximate surface area is 162 Å². The molecular weight excluding hydrogens is 358 g/mol. The Balaban J connectivity index is 1.40. The van der Waals surface area contributed by atoms with E-state index in [-0.39, 0.29) is 18.2 Å². The van der Waals surface area contributed by atoms with Gasteiger partial charge in [-0.15, -0.1) is 0 Å². The van der Waals surface area contributed by atoms with Crippen molar-refractivity contribution in [2.24, 2.45) is 0 Å². The first kappa shape index (κ1) is 18.3. The summed E-state index contributed by atoms with van der Waals surface area (Å²) >= 11 is 0. The van der Waals surface area contributed by atoms with Crippen LogP contribution in [0.3, 0.4) is 0 Å². The number of alkyl carbamates (subject to hydrolysis) is 1. The molecule has 0 spiro atoms. The van der Waals surface area contributed by atoms with Gasteiger partial charge in [0.15, 0.2) is 11.6 Å². The molecule has 0 aromatic carbocycles. The molecule has 1 amide bonds. The summed E-state index contributed by atoms with van der Waals surface area (Å²) in [5.41, 5.74) is 2.86. The number of H-pyrrole nitrogens is 1. The van der Waals surface area contributed by atoms with Crippen LogP contribution in [0.5, 0.6) is 0 Å². The smallest absolute Gasteiger partial charge is 0.407 e. The van der Waals surface area contributed by atoms with Crippen LogP contribution in [-0.2, 0) is 4.74 Å². The summed E-state index contributed by atoms with van der Waals surface area (Å²) < 4.78 is 7.30. The van der Waals surface area contributed by atoms with Gasteiger partial charge in [0.1, 0.15) is 11.6 Å². The highest BCUT2D eigenvalue weighted by Crippen LogP contribution is 2.36. The Morgan fingerprint density at radius 3 is 3.04 bits per heavy atom. The molecule has 0 aliphatic heterocycles. The van der Waals surface area contributed by atoms with Crippen molar-refractivity contribution in [2.75, 3.05) is 5.32 Å². The lowest BCUT2D eigenvalue weighted by Crippen LogP contribution is -2.33. The first-order valence-corrected chi connectivity index (χ1v) is 9.58. The molecule has 3 N–H and O–H groups in total. The molecule has 1 fully saturated rings. The second-order valence-corrected chi connectivity index (χ2v) is 7.56. The first-order chi connectivity index (χ1) is 13.5. The van der Waals surface area contributed by atoms with E-state index in [1.807, 2.05) is 39.1 Å². The summed E-state index contributed by atoms with van der Waals surface area (Å²) in [4.78, 5) is 16.2. The maximum atomic E-state index is 11.8. The summed E-state index contributed by atoms with van der Waals surface area (Å²) in [5.74, 6) is 1.70. The normalized spacial score (nSPS) is 19.3. The number of rotatable bonds is 5.